The highest BCUT2D eigenvalue weighted by Gasteiger charge is 2.26. The summed E-state index contributed by atoms with van der Waals surface area (Å²) in [6.07, 6.45) is 10.8. The van der Waals surface area contributed by atoms with Gasteiger partial charge in [-0.25, -0.2) is 0 Å². The van der Waals surface area contributed by atoms with E-state index in [0.717, 1.165) is 33.6 Å². The first-order valence-electron chi connectivity index (χ1n) is 11.2. The minimum absolute atomic E-state index is 0.116. The molecule has 7 nitrogen and oxygen atoms in total. The Kier molecular flexibility index (Phi) is 7.18. The predicted molar refractivity (Wildman–Crippen MR) is 126 cm³/mol. The first-order chi connectivity index (χ1) is 15.1. The van der Waals surface area contributed by atoms with Crippen LogP contribution in [0.1, 0.15) is 80.7 Å². The van der Waals surface area contributed by atoms with Crippen molar-refractivity contribution in [2.45, 2.75) is 88.1 Å². The van der Waals surface area contributed by atoms with Gasteiger partial charge in [-0.05, 0) is 45.1 Å². The number of nitrogens with one attached hydrogen (secondary N) is 2. The molecule has 0 spiro atoms. The maximum atomic E-state index is 12.8. The van der Waals surface area contributed by atoms with Gasteiger partial charge >= 0.3 is 0 Å². The molecule has 0 aliphatic heterocycles. The molecule has 0 aromatic carbocycles. The number of nitrogens with zero attached hydrogens (tertiary/aromatic N) is 4. The van der Waals surface area contributed by atoms with E-state index in [9.17, 15) is 10.1 Å². The van der Waals surface area contributed by atoms with Crippen molar-refractivity contribution in [3.05, 3.63) is 16.8 Å². The van der Waals surface area contributed by atoms with Crippen molar-refractivity contribution >= 4 is 40.0 Å². The molecular formula is C22H30N6OS2. The van der Waals surface area contributed by atoms with E-state index < -0.39 is 0 Å². The van der Waals surface area contributed by atoms with E-state index in [2.05, 4.69) is 31.5 Å². The predicted octanol–water partition coefficient (Wildman–Crippen LogP) is 5.42. The molecular weight excluding hydrogens is 428 g/mol. The number of carbonyl (C=O) groups excluding carboxylic acids is 1. The molecule has 31 heavy (non-hydrogen) atoms. The van der Waals surface area contributed by atoms with Crippen LogP contribution in [0.2, 0.25) is 0 Å². The maximum absolute atomic E-state index is 12.8. The average Bonchev–Trinajstić information content (AvgIpc) is 3.49. The second-order valence-corrected chi connectivity index (χ2v) is 10.7. The van der Waals surface area contributed by atoms with Gasteiger partial charge in [0.15, 0.2) is 4.34 Å². The number of carbonyl (C=O) groups is 1. The van der Waals surface area contributed by atoms with Crippen molar-refractivity contribution in [1.29, 1.82) is 5.26 Å². The van der Waals surface area contributed by atoms with Crippen LogP contribution in [0.3, 0.4) is 0 Å². The van der Waals surface area contributed by atoms with E-state index in [4.69, 9.17) is 0 Å². The Hall–Kier alpha value is -2.05. The number of thioether (sulfide) groups is 1. The normalized spacial score (nSPS) is 17.6. The first-order valence-corrected chi connectivity index (χ1v) is 13.0. The third-order valence-electron chi connectivity index (χ3n) is 6.48. The monoisotopic (exact) mass is 458 g/mol. The highest BCUT2D eigenvalue weighted by Crippen LogP contribution is 2.38. The number of hydrogen-bond acceptors (Lipinski definition) is 7. The fraction of sp³-hybridized carbons (Fsp3) is 0.636. The zero-order chi connectivity index (χ0) is 21.8. The lowest BCUT2D eigenvalue weighted by Crippen LogP contribution is -2.21. The van der Waals surface area contributed by atoms with E-state index in [0.29, 0.717) is 23.5 Å². The Labute approximate surface area is 192 Å². The Balaban J connectivity index is 1.38. The van der Waals surface area contributed by atoms with Gasteiger partial charge in [0, 0.05) is 17.8 Å². The molecule has 0 unspecified atom stereocenters. The van der Waals surface area contributed by atoms with Crippen LogP contribution in [-0.4, -0.2) is 32.5 Å². The van der Waals surface area contributed by atoms with Crippen LogP contribution in [0.4, 0.5) is 10.9 Å². The average molecular weight is 459 g/mol. The molecule has 2 aromatic rings. The lowest BCUT2D eigenvalue weighted by atomic mass is 9.96. The van der Waals surface area contributed by atoms with E-state index >= 15 is 0 Å². The molecule has 166 valence electrons. The van der Waals surface area contributed by atoms with Crippen LogP contribution >= 0.6 is 23.1 Å². The lowest BCUT2D eigenvalue weighted by molar-refractivity contribution is -0.113. The fourth-order valence-corrected chi connectivity index (χ4v) is 6.38. The standard InChI is InChI=1S/C22H30N6OS2/c1-14-15(2)28(17-10-6-7-11-17)20(18(14)12-23)25-19(29)13-30-22-27-26-21(31-22)24-16-8-4-3-5-9-16/h16-17H,3-11,13H2,1-2H3,(H,24,26)(H,25,29). The summed E-state index contributed by atoms with van der Waals surface area (Å²) in [6, 6.07) is 3.15. The smallest absolute Gasteiger partial charge is 0.235 e. The van der Waals surface area contributed by atoms with Crippen LogP contribution in [-0.2, 0) is 4.79 Å². The number of hydrogen-bond donors (Lipinski definition) is 2. The van der Waals surface area contributed by atoms with Crippen molar-refractivity contribution in [3.8, 4) is 6.07 Å². The van der Waals surface area contributed by atoms with Crippen LogP contribution < -0.4 is 10.6 Å². The van der Waals surface area contributed by atoms with E-state index in [1.54, 1.807) is 0 Å². The summed E-state index contributed by atoms with van der Waals surface area (Å²) in [6.45, 7) is 4.01. The Morgan fingerprint density at radius 2 is 1.87 bits per heavy atom. The minimum Gasteiger partial charge on any atom is -0.357 e. The van der Waals surface area contributed by atoms with Gasteiger partial charge in [-0.3, -0.25) is 4.79 Å². The quantitative estimate of drug-likeness (QED) is 0.538. The largest absolute Gasteiger partial charge is 0.357 e. The molecule has 0 saturated heterocycles. The first kappa shape index (κ1) is 22.2. The molecule has 9 heteroatoms. The maximum Gasteiger partial charge on any atom is 0.235 e. The van der Waals surface area contributed by atoms with Gasteiger partial charge in [-0.2, -0.15) is 5.26 Å². The summed E-state index contributed by atoms with van der Waals surface area (Å²) in [5.41, 5.74) is 2.62. The molecule has 2 fully saturated rings. The van der Waals surface area contributed by atoms with Crippen LogP contribution in [0.25, 0.3) is 0 Å². The van der Waals surface area contributed by atoms with Crippen molar-refractivity contribution in [1.82, 2.24) is 14.8 Å². The van der Waals surface area contributed by atoms with Gasteiger partial charge in [0.25, 0.3) is 0 Å². The zero-order valence-corrected chi connectivity index (χ0v) is 19.9. The molecule has 4 rings (SSSR count). The number of anilines is 2. The van der Waals surface area contributed by atoms with E-state index in [-0.39, 0.29) is 11.7 Å². The summed E-state index contributed by atoms with van der Waals surface area (Å²) >= 11 is 2.90. The Bertz CT molecular complexity index is 964. The van der Waals surface area contributed by atoms with Gasteiger partial charge in [0.2, 0.25) is 11.0 Å². The summed E-state index contributed by atoms with van der Waals surface area (Å²) in [5, 5.41) is 25.5. The van der Waals surface area contributed by atoms with Crippen molar-refractivity contribution in [2.24, 2.45) is 0 Å². The Morgan fingerprint density at radius 1 is 1.16 bits per heavy atom. The van der Waals surface area contributed by atoms with Gasteiger partial charge in [-0.1, -0.05) is 55.2 Å². The van der Waals surface area contributed by atoms with E-state index in [1.165, 1.54) is 68.0 Å². The summed E-state index contributed by atoms with van der Waals surface area (Å²) < 4.78 is 2.97. The third-order valence-corrected chi connectivity index (χ3v) is 8.47. The van der Waals surface area contributed by atoms with Crippen LogP contribution in [0, 0.1) is 25.2 Å². The van der Waals surface area contributed by atoms with Crippen LogP contribution in [0.15, 0.2) is 4.34 Å². The summed E-state index contributed by atoms with van der Waals surface area (Å²) in [4.78, 5) is 12.8. The molecule has 2 heterocycles. The number of nitriles is 1. The molecule has 2 aromatic heterocycles. The second kappa shape index (κ2) is 10.0. The minimum atomic E-state index is -0.116. The second-order valence-electron chi connectivity index (χ2n) is 8.54. The van der Waals surface area contributed by atoms with Crippen molar-refractivity contribution in [3.63, 3.8) is 0 Å². The molecule has 0 radical (unpaired) electrons. The third kappa shape index (κ3) is 5.07. The molecule has 2 aliphatic carbocycles. The molecule has 2 saturated carbocycles. The summed E-state index contributed by atoms with van der Waals surface area (Å²) in [5.74, 6) is 0.791. The van der Waals surface area contributed by atoms with Gasteiger partial charge in [-0.15, -0.1) is 10.2 Å². The van der Waals surface area contributed by atoms with Crippen molar-refractivity contribution < 1.29 is 4.79 Å². The fourth-order valence-electron chi connectivity index (χ4n) is 4.75. The highest BCUT2D eigenvalue weighted by atomic mass is 32.2. The highest BCUT2D eigenvalue weighted by molar-refractivity contribution is 8.01. The van der Waals surface area contributed by atoms with Gasteiger partial charge in [0.1, 0.15) is 11.9 Å². The molecule has 2 aliphatic rings. The van der Waals surface area contributed by atoms with E-state index in [1.807, 2.05) is 13.8 Å². The zero-order valence-electron chi connectivity index (χ0n) is 18.2. The SMILES string of the molecule is Cc1c(C#N)c(NC(=O)CSc2nnc(NC3CCCCC3)s2)n(C2CCCC2)c1C. The number of rotatable bonds is 7. The number of amides is 1. The molecule has 1 amide bonds. The van der Waals surface area contributed by atoms with Crippen LogP contribution in [0.5, 0.6) is 0 Å². The Morgan fingerprint density at radius 3 is 2.58 bits per heavy atom. The van der Waals surface area contributed by atoms with Gasteiger partial charge < -0.3 is 15.2 Å². The molecule has 2 N–H and O–H groups in total. The molecule has 0 atom stereocenters. The van der Waals surface area contributed by atoms with Crippen molar-refractivity contribution in [2.75, 3.05) is 16.4 Å². The lowest BCUT2D eigenvalue weighted by Gasteiger charge is -2.21. The molecule has 0 bridgehead atoms. The summed E-state index contributed by atoms with van der Waals surface area (Å²) in [7, 11) is 0. The topological polar surface area (TPSA) is 95.6 Å². The van der Waals surface area contributed by atoms with Gasteiger partial charge in [0.05, 0.1) is 11.3 Å². The number of aromatic nitrogens is 3.